The number of imidazole rings is 1. The van der Waals surface area contributed by atoms with Gasteiger partial charge in [-0.15, -0.1) is 0 Å². The second-order valence-electron chi connectivity index (χ2n) is 5.61. The standard InChI is InChI=1S/C15H27N3/c1-3-6-15-17-10-12-18(15)11-9-16-14-8-5-4-7-13(14)2/h10,12-14,16H,3-9,11H2,1-2H3. The zero-order chi connectivity index (χ0) is 12.8. The molecule has 1 saturated carbocycles. The largest absolute Gasteiger partial charge is 0.334 e. The third-order valence-electron chi connectivity index (χ3n) is 4.15. The van der Waals surface area contributed by atoms with Crippen molar-refractivity contribution >= 4 is 0 Å². The molecular weight excluding hydrogens is 222 g/mol. The minimum absolute atomic E-state index is 0.733. The van der Waals surface area contributed by atoms with E-state index in [2.05, 4.69) is 34.9 Å². The van der Waals surface area contributed by atoms with E-state index in [0.29, 0.717) is 0 Å². The Balaban J connectivity index is 1.75. The summed E-state index contributed by atoms with van der Waals surface area (Å²) in [5.74, 6) is 2.08. The number of nitrogens with one attached hydrogen (secondary N) is 1. The molecule has 2 atom stereocenters. The molecule has 1 aliphatic carbocycles. The number of nitrogens with zero attached hydrogens (tertiary/aromatic N) is 2. The average molecular weight is 249 g/mol. The second kappa shape index (κ2) is 6.93. The van der Waals surface area contributed by atoms with Crippen LogP contribution in [0.5, 0.6) is 0 Å². The fraction of sp³-hybridized carbons (Fsp3) is 0.800. The first-order valence-corrected chi connectivity index (χ1v) is 7.54. The number of hydrogen-bond acceptors (Lipinski definition) is 2. The molecular formula is C15H27N3. The zero-order valence-electron chi connectivity index (χ0n) is 11.9. The SMILES string of the molecule is CCCc1nccn1CCNC1CCCCC1C. The smallest absolute Gasteiger partial charge is 0.108 e. The van der Waals surface area contributed by atoms with Gasteiger partial charge in [0, 0.05) is 37.9 Å². The molecule has 0 spiro atoms. The molecule has 3 nitrogen and oxygen atoms in total. The Morgan fingerprint density at radius 2 is 2.22 bits per heavy atom. The maximum Gasteiger partial charge on any atom is 0.108 e. The topological polar surface area (TPSA) is 29.9 Å². The van der Waals surface area contributed by atoms with Crippen LogP contribution in [-0.4, -0.2) is 22.1 Å². The number of rotatable bonds is 6. The first-order valence-electron chi connectivity index (χ1n) is 7.54. The van der Waals surface area contributed by atoms with E-state index >= 15 is 0 Å². The summed E-state index contributed by atoms with van der Waals surface area (Å²) in [7, 11) is 0. The molecule has 0 aliphatic heterocycles. The molecule has 18 heavy (non-hydrogen) atoms. The molecule has 1 N–H and O–H groups in total. The Hall–Kier alpha value is -0.830. The summed E-state index contributed by atoms with van der Waals surface area (Å²) in [6.45, 7) is 6.72. The van der Waals surface area contributed by atoms with Gasteiger partial charge in [0.15, 0.2) is 0 Å². The molecule has 2 unspecified atom stereocenters. The molecule has 3 heteroatoms. The van der Waals surface area contributed by atoms with Crippen molar-refractivity contribution in [1.82, 2.24) is 14.9 Å². The van der Waals surface area contributed by atoms with Crippen LogP contribution >= 0.6 is 0 Å². The van der Waals surface area contributed by atoms with Gasteiger partial charge in [-0.3, -0.25) is 0 Å². The Morgan fingerprint density at radius 1 is 1.39 bits per heavy atom. The van der Waals surface area contributed by atoms with Crippen LogP contribution in [-0.2, 0) is 13.0 Å². The molecule has 1 aliphatic rings. The highest BCUT2D eigenvalue weighted by Crippen LogP contribution is 2.23. The molecule has 1 aromatic heterocycles. The lowest BCUT2D eigenvalue weighted by Crippen LogP contribution is -2.38. The van der Waals surface area contributed by atoms with E-state index in [-0.39, 0.29) is 0 Å². The molecule has 1 fully saturated rings. The van der Waals surface area contributed by atoms with Crippen molar-refractivity contribution in [3.8, 4) is 0 Å². The van der Waals surface area contributed by atoms with Crippen LogP contribution < -0.4 is 5.32 Å². The summed E-state index contributed by atoms with van der Waals surface area (Å²) in [6.07, 6.45) is 11.9. The fourth-order valence-electron chi connectivity index (χ4n) is 2.99. The minimum Gasteiger partial charge on any atom is -0.334 e. The van der Waals surface area contributed by atoms with E-state index in [4.69, 9.17) is 0 Å². The maximum atomic E-state index is 4.42. The van der Waals surface area contributed by atoms with Gasteiger partial charge in [-0.2, -0.15) is 0 Å². The van der Waals surface area contributed by atoms with Crippen molar-refractivity contribution in [2.75, 3.05) is 6.54 Å². The van der Waals surface area contributed by atoms with Crippen molar-refractivity contribution in [2.45, 2.75) is 65.0 Å². The Morgan fingerprint density at radius 3 is 3.00 bits per heavy atom. The number of aryl methyl sites for hydroxylation is 1. The van der Waals surface area contributed by atoms with Crippen LogP contribution in [0, 0.1) is 5.92 Å². The quantitative estimate of drug-likeness (QED) is 0.840. The normalized spacial score (nSPS) is 24.3. The van der Waals surface area contributed by atoms with Crippen LogP contribution in [0.1, 0.15) is 51.8 Å². The van der Waals surface area contributed by atoms with Crippen LogP contribution in [0.25, 0.3) is 0 Å². The molecule has 0 amide bonds. The van der Waals surface area contributed by atoms with Gasteiger partial charge in [-0.1, -0.05) is 26.7 Å². The molecule has 0 saturated heterocycles. The monoisotopic (exact) mass is 249 g/mol. The molecule has 2 rings (SSSR count). The lowest BCUT2D eigenvalue weighted by Gasteiger charge is -2.29. The summed E-state index contributed by atoms with van der Waals surface area (Å²) in [5, 5.41) is 3.73. The molecule has 0 aromatic carbocycles. The van der Waals surface area contributed by atoms with Crippen molar-refractivity contribution in [3.05, 3.63) is 18.2 Å². The summed E-state index contributed by atoms with van der Waals surface area (Å²) in [4.78, 5) is 4.42. The van der Waals surface area contributed by atoms with Gasteiger partial charge in [-0.25, -0.2) is 4.98 Å². The third-order valence-corrected chi connectivity index (χ3v) is 4.15. The van der Waals surface area contributed by atoms with E-state index in [0.717, 1.165) is 31.5 Å². The first kappa shape index (κ1) is 13.6. The Bertz CT molecular complexity index is 345. The second-order valence-corrected chi connectivity index (χ2v) is 5.61. The zero-order valence-corrected chi connectivity index (χ0v) is 11.9. The van der Waals surface area contributed by atoms with Crippen LogP contribution in [0.15, 0.2) is 12.4 Å². The highest BCUT2D eigenvalue weighted by Gasteiger charge is 2.20. The van der Waals surface area contributed by atoms with Crippen LogP contribution in [0.4, 0.5) is 0 Å². The predicted octanol–water partition coefficient (Wildman–Crippen LogP) is 3.00. The highest BCUT2D eigenvalue weighted by atomic mass is 15.1. The van der Waals surface area contributed by atoms with Gasteiger partial charge in [0.25, 0.3) is 0 Å². The van der Waals surface area contributed by atoms with E-state index < -0.39 is 0 Å². The maximum absolute atomic E-state index is 4.42. The Labute approximate surface area is 111 Å². The fourth-order valence-corrected chi connectivity index (χ4v) is 2.99. The molecule has 1 aromatic rings. The van der Waals surface area contributed by atoms with Crippen LogP contribution in [0.2, 0.25) is 0 Å². The lowest BCUT2D eigenvalue weighted by molar-refractivity contribution is 0.278. The number of hydrogen-bond donors (Lipinski definition) is 1. The van der Waals surface area contributed by atoms with Gasteiger partial charge in [0.05, 0.1) is 0 Å². The van der Waals surface area contributed by atoms with Crippen molar-refractivity contribution < 1.29 is 0 Å². The molecule has 1 heterocycles. The summed E-state index contributed by atoms with van der Waals surface area (Å²) in [6, 6.07) is 0.733. The average Bonchev–Trinajstić information content (AvgIpc) is 2.80. The van der Waals surface area contributed by atoms with Crippen LogP contribution in [0.3, 0.4) is 0 Å². The lowest BCUT2D eigenvalue weighted by atomic mass is 9.86. The minimum atomic E-state index is 0.733. The van der Waals surface area contributed by atoms with Gasteiger partial charge >= 0.3 is 0 Å². The molecule has 102 valence electrons. The van der Waals surface area contributed by atoms with Gasteiger partial charge in [0.1, 0.15) is 5.82 Å². The van der Waals surface area contributed by atoms with Gasteiger partial charge in [0.2, 0.25) is 0 Å². The summed E-state index contributed by atoms with van der Waals surface area (Å²) >= 11 is 0. The van der Waals surface area contributed by atoms with Crippen molar-refractivity contribution in [3.63, 3.8) is 0 Å². The van der Waals surface area contributed by atoms with Gasteiger partial charge in [-0.05, 0) is 25.2 Å². The molecule has 0 radical (unpaired) electrons. The Kier molecular flexibility index (Phi) is 5.24. The van der Waals surface area contributed by atoms with E-state index in [9.17, 15) is 0 Å². The van der Waals surface area contributed by atoms with Gasteiger partial charge < -0.3 is 9.88 Å². The van der Waals surface area contributed by atoms with E-state index in [1.165, 1.54) is 37.9 Å². The third kappa shape index (κ3) is 3.58. The van der Waals surface area contributed by atoms with E-state index in [1.54, 1.807) is 0 Å². The molecule has 0 bridgehead atoms. The highest BCUT2D eigenvalue weighted by molar-refractivity contribution is 4.92. The summed E-state index contributed by atoms with van der Waals surface area (Å²) < 4.78 is 2.30. The predicted molar refractivity (Wildman–Crippen MR) is 75.6 cm³/mol. The van der Waals surface area contributed by atoms with E-state index in [1.807, 2.05) is 6.20 Å². The van der Waals surface area contributed by atoms with Crippen molar-refractivity contribution in [1.29, 1.82) is 0 Å². The van der Waals surface area contributed by atoms with Crippen molar-refractivity contribution in [2.24, 2.45) is 5.92 Å². The number of aromatic nitrogens is 2. The first-order chi connectivity index (χ1) is 8.81. The summed E-state index contributed by atoms with van der Waals surface area (Å²) in [5.41, 5.74) is 0.